The van der Waals surface area contributed by atoms with E-state index in [4.69, 9.17) is 15.2 Å². The van der Waals surface area contributed by atoms with Gasteiger partial charge in [-0.25, -0.2) is 4.79 Å². The third kappa shape index (κ3) is 5.66. The van der Waals surface area contributed by atoms with Crippen molar-refractivity contribution in [1.82, 2.24) is 20.1 Å². The Hall–Kier alpha value is -3.92. The van der Waals surface area contributed by atoms with Crippen molar-refractivity contribution in [1.29, 1.82) is 0 Å². The van der Waals surface area contributed by atoms with Crippen LogP contribution in [0.15, 0.2) is 72.9 Å². The summed E-state index contributed by atoms with van der Waals surface area (Å²) >= 11 is 0. The van der Waals surface area contributed by atoms with E-state index in [1.807, 2.05) is 54.4 Å². The van der Waals surface area contributed by atoms with E-state index in [9.17, 15) is 9.59 Å². The Morgan fingerprint density at radius 1 is 1.02 bits per heavy atom. The summed E-state index contributed by atoms with van der Waals surface area (Å²) in [5.74, 6) is -0.483. The van der Waals surface area contributed by atoms with Crippen molar-refractivity contribution in [3.63, 3.8) is 0 Å². The van der Waals surface area contributed by atoms with Gasteiger partial charge in [-0.05, 0) is 34.4 Å². The molecule has 2 atom stereocenters. The van der Waals surface area contributed by atoms with E-state index in [2.05, 4.69) is 40.6 Å². The molecule has 9 heteroatoms. The van der Waals surface area contributed by atoms with Crippen molar-refractivity contribution in [3.05, 3.63) is 84.1 Å². The van der Waals surface area contributed by atoms with Gasteiger partial charge < -0.3 is 35.3 Å². The van der Waals surface area contributed by atoms with E-state index in [0.29, 0.717) is 32.8 Å². The first-order valence-electron chi connectivity index (χ1n) is 14.3. The number of rotatable bonds is 9. The van der Waals surface area contributed by atoms with Crippen LogP contribution in [-0.4, -0.2) is 84.5 Å². The molecule has 3 heterocycles. The van der Waals surface area contributed by atoms with Crippen LogP contribution in [0, 0.1) is 0 Å². The first-order valence-corrected chi connectivity index (χ1v) is 14.3. The number of nitrogens with two attached hydrogens (primary N) is 1. The summed E-state index contributed by atoms with van der Waals surface area (Å²) in [4.78, 5) is 34.5. The molecule has 0 radical (unpaired) electrons. The number of hydrogen-bond donors (Lipinski definition) is 3. The van der Waals surface area contributed by atoms with Crippen molar-refractivity contribution in [3.8, 4) is 0 Å². The highest BCUT2D eigenvalue weighted by Gasteiger charge is 2.41. The lowest BCUT2D eigenvalue weighted by atomic mass is 9.91. The second kappa shape index (κ2) is 11.9. The molecule has 3 amide bonds. The maximum atomic E-state index is 13.8. The molecule has 0 spiro atoms. The first-order chi connectivity index (χ1) is 20.0. The Labute approximate surface area is 239 Å². The molecule has 0 unspecified atom stereocenters. The quantitative estimate of drug-likeness (QED) is 0.292. The SMILES string of the molecule is C[C@@H](c1c[nH]c2ccccc12)[C@H](C(=O)NCC1OCC(N)CO1)N1CCN(CCc2cccc3ccccc23)C1=O. The van der Waals surface area contributed by atoms with Crippen LogP contribution in [0.25, 0.3) is 21.7 Å². The maximum absolute atomic E-state index is 13.8. The number of urea groups is 1. The van der Waals surface area contributed by atoms with E-state index < -0.39 is 12.3 Å². The van der Waals surface area contributed by atoms with E-state index in [0.717, 1.165) is 22.9 Å². The molecule has 2 saturated heterocycles. The molecular weight excluding hydrogens is 518 g/mol. The van der Waals surface area contributed by atoms with E-state index in [1.54, 1.807) is 4.90 Å². The Balaban J connectivity index is 1.20. The summed E-state index contributed by atoms with van der Waals surface area (Å²) in [5, 5.41) is 6.44. The van der Waals surface area contributed by atoms with Gasteiger partial charge in [-0.1, -0.05) is 67.6 Å². The van der Waals surface area contributed by atoms with Gasteiger partial charge in [-0.15, -0.1) is 0 Å². The molecule has 0 bridgehead atoms. The number of amides is 3. The molecule has 0 saturated carbocycles. The average molecular weight is 556 g/mol. The summed E-state index contributed by atoms with van der Waals surface area (Å²) in [6.07, 6.45) is 2.13. The van der Waals surface area contributed by atoms with Gasteiger partial charge in [-0.3, -0.25) is 4.79 Å². The number of nitrogens with zero attached hydrogens (tertiary/aromatic N) is 2. The van der Waals surface area contributed by atoms with Crippen LogP contribution in [0.3, 0.4) is 0 Å². The number of fused-ring (bicyclic) bond motifs is 2. The second-order valence-corrected chi connectivity index (χ2v) is 11.0. The zero-order chi connectivity index (χ0) is 28.3. The molecular formula is C32H37N5O4. The van der Waals surface area contributed by atoms with Crippen LogP contribution in [-0.2, 0) is 20.7 Å². The predicted molar refractivity (Wildman–Crippen MR) is 159 cm³/mol. The van der Waals surface area contributed by atoms with Crippen molar-refractivity contribution >= 4 is 33.6 Å². The van der Waals surface area contributed by atoms with Gasteiger partial charge in [0.2, 0.25) is 5.91 Å². The van der Waals surface area contributed by atoms with Crippen molar-refractivity contribution < 1.29 is 19.1 Å². The van der Waals surface area contributed by atoms with E-state index in [-0.39, 0.29) is 30.4 Å². The summed E-state index contributed by atoms with van der Waals surface area (Å²) < 4.78 is 11.2. The van der Waals surface area contributed by atoms with Crippen LogP contribution in [0.4, 0.5) is 4.79 Å². The van der Waals surface area contributed by atoms with Crippen LogP contribution in [0.5, 0.6) is 0 Å². The number of nitrogens with one attached hydrogen (secondary N) is 2. The highest BCUT2D eigenvalue weighted by molar-refractivity contribution is 5.91. The molecule has 2 aliphatic heterocycles. The smallest absolute Gasteiger partial charge is 0.320 e. The fourth-order valence-electron chi connectivity index (χ4n) is 6.08. The van der Waals surface area contributed by atoms with Crippen molar-refractivity contribution in [2.24, 2.45) is 5.73 Å². The fraction of sp³-hybridized carbons (Fsp3) is 0.375. The second-order valence-electron chi connectivity index (χ2n) is 11.0. The zero-order valence-electron chi connectivity index (χ0n) is 23.3. The van der Waals surface area contributed by atoms with Gasteiger partial charge in [0.15, 0.2) is 6.29 Å². The number of H-pyrrole nitrogens is 1. The minimum atomic E-state index is -0.699. The maximum Gasteiger partial charge on any atom is 0.320 e. The molecule has 41 heavy (non-hydrogen) atoms. The molecule has 2 fully saturated rings. The van der Waals surface area contributed by atoms with Crippen molar-refractivity contribution in [2.45, 2.75) is 37.6 Å². The Kier molecular flexibility index (Phi) is 7.91. The molecule has 6 rings (SSSR count). The lowest BCUT2D eigenvalue weighted by Gasteiger charge is -2.33. The molecule has 9 nitrogen and oxygen atoms in total. The number of carbonyl (C=O) groups is 2. The van der Waals surface area contributed by atoms with Gasteiger partial charge in [0.25, 0.3) is 0 Å². The molecule has 0 aliphatic carbocycles. The van der Waals surface area contributed by atoms with Gasteiger partial charge in [0.1, 0.15) is 6.04 Å². The largest absolute Gasteiger partial charge is 0.361 e. The van der Waals surface area contributed by atoms with E-state index >= 15 is 0 Å². The normalized spacial score (nSPS) is 21.0. The lowest BCUT2D eigenvalue weighted by Crippen LogP contribution is -2.53. The van der Waals surface area contributed by atoms with Crippen LogP contribution in [0.1, 0.15) is 24.0 Å². The number of ether oxygens (including phenoxy) is 2. The standard InChI is InChI=1S/C32H37N5O4/c1-21(27-17-34-28-12-5-4-11-26(27)28)30(31(38)35-18-29-40-19-24(33)20-41-29)37-16-15-36(32(37)39)14-13-23-9-6-8-22-7-2-3-10-25(22)23/h2-12,17,21,24,29-30,34H,13-16,18-20,33H2,1H3,(H,35,38)/t21-,24?,29?,30+/m0/s1. The molecule has 2 aliphatic rings. The summed E-state index contributed by atoms with van der Waals surface area (Å²) in [5.41, 5.74) is 9.06. The Bertz CT molecular complexity index is 1520. The van der Waals surface area contributed by atoms with E-state index in [1.165, 1.54) is 16.3 Å². The number of para-hydroxylation sites is 1. The number of hydrogen-bond acceptors (Lipinski definition) is 5. The summed E-state index contributed by atoms with van der Waals surface area (Å²) in [7, 11) is 0. The van der Waals surface area contributed by atoms with Crippen LogP contribution in [0.2, 0.25) is 0 Å². The minimum absolute atomic E-state index is 0.117. The van der Waals surface area contributed by atoms with Gasteiger partial charge in [0, 0.05) is 42.7 Å². The monoisotopic (exact) mass is 555 g/mol. The van der Waals surface area contributed by atoms with Crippen LogP contribution < -0.4 is 11.1 Å². The fourth-order valence-corrected chi connectivity index (χ4v) is 6.08. The molecule has 4 aromatic rings. The highest BCUT2D eigenvalue weighted by Crippen LogP contribution is 2.32. The van der Waals surface area contributed by atoms with Gasteiger partial charge in [0.05, 0.1) is 25.8 Å². The van der Waals surface area contributed by atoms with Crippen LogP contribution >= 0.6 is 0 Å². The van der Waals surface area contributed by atoms with Gasteiger partial charge in [-0.2, -0.15) is 0 Å². The molecule has 4 N–H and O–H groups in total. The third-order valence-electron chi connectivity index (χ3n) is 8.28. The third-order valence-corrected chi connectivity index (χ3v) is 8.28. The highest BCUT2D eigenvalue weighted by atomic mass is 16.7. The minimum Gasteiger partial charge on any atom is -0.361 e. The Morgan fingerprint density at radius 3 is 2.59 bits per heavy atom. The lowest BCUT2D eigenvalue weighted by molar-refractivity contribution is -0.183. The molecule has 214 valence electrons. The van der Waals surface area contributed by atoms with Crippen molar-refractivity contribution in [2.75, 3.05) is 39.4 Å². The topological polar surface area (TPSA) is 113 Å². The number of carbonyl (C=O) groups excluding carboxylic acids is 2. The molecule has 1 aromatic heterocycles. The number of aromatic amines is 1. The summed E-state index contributed by atoms with van der Waals surface area (Å²) in [6, 6.07) is 21.6. The first kappa shape index (κ1) is 27.3. The average Bonchev–Trinajstić information content (AvgIpc) is 3.59. The Morgan fingerprint density at radius 2 is 1.76 bits per heavy atom. The predicted octanol–water partition coefficient (Wildman–Crippen LogP) is 3.59. The zero-order valence-corrected chi connectivity index (χ0v) is 23.3. The number of benzene rings is 3. The van der Waals surface area contributed by atoms with Gasteiger partial charge >= 0.3 is 6.03 Å². The molecule has 3 aromatic carbocycles. The summed E-state index contributed by atoms with van der Waals surface area (Å²) in [6.45, 7) is 4.60. The number of aromatic nitrogens is 1.